The zero-order chi connectivity index (χ0) is 24.0. The molecule has 1 aliphatic rings. The van der Waals surface area contributed by atoms with Gasteiger partial charge in [-0.3, -0.25) is 4.90 Å². The van der Waals surface area contributed by atoms with Crippen molar-refractivity contribution < 1.29 is 14.3 Å². The number of hydrogen-bond acceptors (Lipinski definition) is 5. The predicted molar refractivity (Wildman–Crippen MR) is 139 cm³/mol. The Bertz CT molecular complexity index is 1320. The Morgan fingerprint density at radius 1 is 0.886 bits per heavy atom. The highest BCUT2D eigenvalue weighted by Crippen LogP contribution is 2.31. The second-order valence-electron chi connectivity index (χ2n) is 9.21. The van der Waals surface area contributed by atoms with E-state index in [2.05, 4.69) is 17.0 Å². The topological polar surface area (TPSA) is 62.9 Å². The number of ether oxygens (including phenoxy) is 1. The molecule has 0 saturated carbocycles. The van der Waals surface area contributed by atoms with Gasteiger partial charge in [0.15, 0.2) is 0 Å². The van der Waals surface area contributed by atoms with Crippen molar-refractivity contribution in [2.45, 2.75) is 32.1 Å². The quantitative estimate of drug-likeness (QED) is 0.336. The van der Waals surface area contributed by atoms with Crippen molar-refractivity contribution in [2.24, 2.45) is 0 Å². The number of nitrogens with zero attached hydrogens (tertiary/aromatic N) is 1. The Kier molecular flexibility index (Phi) is 7.15. The molecule has 5 nitrogen and oxygen atoms in total. The van der Waals surface area contributed by atoms with Crippen molar-refractivity contribution in [3.05, 3.63) is 94.3 Å². The first-order valence-corrected chi connectivity index (χ1v) is 12.5. The highest BCUT2D eigenvalue weighted by molar-refractivity contribution is 5.88. The van der Waals surface area contributed by atoms with Gasteiger partial charge < -0.3 is 14.3 Å². The van der Waals surface area contributed by atoms with Crippen molar-refractivity contribution in [2.75, 3.05) is 26.2 Å². The second kappa shape index (κ2) is 10.8. The van der Waals surface area contributed by atoms with E-state index in [0.29, 0.717) is 24.2 Å². The molecule has 1 N–H and O–H groups in total. The zero-order valence-corrected chi connectivity index (χ0v) is 19.9. The first-order chi connectivity index (χ1) is 17.2. The summed E-state index contributed by atoms with van der Waals surface area (Å²) in [5.74, 6) is 0.926. The molecule has 0 spiro atoms. The molecule has 0 amide bonds. The van der Waals surface area contributed by atoms with Gasteiger partial charge in [0.1, 0.15) is 23.7 Å². The van der Waals surface area contributed by atoms with Crippen LogP contribution in [-0.2, 0) is 6.42 Å². The lowest BCUT2D eigenvalue weighted by molar-refractivity contribution is 0.214. The molecular formula is C30H31NO4. The average Bonchev–Trinajstić information content (AvgIpc) is 3.14. The van der Waals surface area contributed by atoms with Crippen LogP contribution in [0, 0.1) is 0 Å². The first kappa shape index (κ1) is 23.2. The largest absolute Gasteiger partial charge is 0.508 e. The van der Waals surface area contributed by atoms with E-state index >= 15 is 0 Å². The smallest absolute Gasteiger partial charge is 0.344 e. The van der Waals surface area contributed by atoms with Crippen molar-refractivity contribution in [1.29, 1.82) is 0 Å². The molecule has 1 fully saturated rings. The van der Waals surface area contributed by atoms with E-state index in [1.54, 1.807) is 6.07 Å². The van der Waals surface area contributed by atoms with E-state index in [0.717, 1.165) is 34.4 Å². The Hall–Kier alpha value is -3.57. The normalized spacial score (nSPS) is 14.6. The van der Waals surface area contributed by atoms with Crippen LogP contribution in [0.3, 0.4) is 0 Å². The van der Waals surface area contributed by atoms with Gasteiger partial charge in [-0.1, -0.05) is 55.3 Å². The van der Waals surface area contributed by atoms with Crippen LogP contribution in [0.5, 0.6) is 11.5 Å². The third-order valence-electron chi connectivity index (χ3n) is 6.74. The Morgan fingerprint density at radius 3 is 2.37 bits per heavy atom. The van der Waals surface area contributed by atoms with Gasteiger partial charge in [-0.15, -0.1) is 0 Å². The molecule has 0 bridgehead atoms. The standard InChI is InChI=1S/C30H31NO4/c32-24-12-15-26-27(29(23-8-4-3-5-9-23)30(33)35-28(26)21-24)20-22-10-13-25(14-11-22)34-19-18-31-16-6-1-2-7-17-31/h3-5,8-15,21,32H,1-2,6-7,16-20H2. The highest BCUT2D eigenvalue weighted by atomic mass is 16.5. The monoisotopic (exact) mass is 469 g/mol. The fourth-order valence-corrected chi connectivity index (χ4v) is 4.89. The van der Waals surface area contributed by atoms with Gasteiger partial charge in [-0.2, -0.15) is 0 Å². The summed E-state index contributed by atoms with van der Waals surface area (Å²) in [5.41, 5.74) is 3.32. The third-order valence-corrected chi connectivity index (χ3v) is 6.74. The maximum atomic E-state index is 13.0. The van der Waals surface area contributed by atoms with Crippen LogP contribution in [0.15, 0.2) is 82.0 Å². The van der Waals surface area contributed by atoms with Gasteiger partial charge in [0.25, 0.3) is 0 Å². The van der Waals surface area contributed by atoms with E-state index in [1.807, 2.05) is 48.5 Å². The molecule has 2 heterocycles. The molecule has 35 heavy (non-hydrogen) atoms. The summed E-state index contributed by atoms with van der Waals surface area (Å²) in [7, 11) is 0. The molecular weight excluding hydrogens is 438 g/mol. The summed E-state index contributed by atoms with van der Waals surface area (Å²) in [6, 6.07) is 22.6. The third kappa shape index (κ3) is 5.57. The SMILES string of the molecule is O=c1oc2cc(O)ccc2c(Cc2ccc(OCCN3CCCCCC3)cc2)c1-c1ccccc1. The molecule has 5 heteroatoms. The number of rotatable bonds is 7. The van der Waals surface area contributed by atoms with E-state index in [1.165, 1.54) is 44.8 Å². The highest BCUT2D eigenvalue weighted by Gasteiger charge is 2.17. The second-order valence-corrected chi connectivity index (χ2v) is 9.21. The van der Waals surface area contributed by atoms with E-state index < -0.39 is 5.63 Å². The summed E-state index contributed by atoms with van der Waals surface area (Å²) < 4.78 is 11.6. The fraction of sp³-hybridized carbons (Fsp3) is 0.300. The molecule has 1 saturated heterocycles. The maximum Gasteiger partial charge on any atom is 0.344 e. The molecule has 5 rings (SSSR count). The van der Waals surface area contributed by atoms with Crippen molar-refractivity contribution >= 4 is 11.0 Å². The number of fused-ring (bicyclic) bond motifs is 1. The molecule has 180 valence electrons. The van der Waals surface area contributed by atoms with Crippen LogP contribution in [0.2, 0.25) is 0 Å². The zero-order valence-electron chi connectivity index (χ0n) is 19.9. The van der Waals surface area contributed by atoms with Gasteiger partial charge in [-0.05, 0) is 73.3 Å². The fourth-order valence-electron chi connectivity index (χ4n) is 4.89. The lowest BCUT2D eigenvalue weighted by Crippen LogP contribution is -2.29. The van der Waals surface area contributed by atoms with E-state index in [-0.39, 0.29) is 5.75 Å². The number of likely N-dealkylation sites (tertiary alicyclic amines) is 1. The molecule has 1 aromatic heterocycles. The molecule has 3 aromatic carbocycles. The number of aromatic hydroxyl groups is 1. The van der Waals surface area contributed by atoms with Crippen LogP contribution < -0.4 is 10.4 Å². The number of phenols is 1. The molecule has 0 atom stereocenters. The summed E-state index contributed by atoms with van der Waals surface area (Å²) >= 11 is 0. The van der Waals surface area contributed by atoms with Gasteiger partial charge >= 0.3 is 5.63 Å². The van der Waals surface area contributed by atoms with Crippen LogP contribution in [0.4, 0.5) is 0 Å². The summed E-state index contributed by atoms with van der Waals surface area (Å²) in [4.78, 5) is 15.5. The predicted octanol–water partition coefficient (Wildman–Crippen LogP) is 6.01. The van der Waals surface area contributed by atoms with E-state index in [9.17, 15) is 9.90 Å². The molecule has 4 aromatic rings. The number of phenolic OH excluding ortho intramolecular Hbond substituents is 1. The van der Waals surface area contributed by atoms with Gasteiger partial charge in [0, 0.05) is 18.0 Å². The van der Waals surface area contributed by atoms with Crippen LogP contribution in [-0.4, -0.2) is 36.2 Å². The van der Waals surface area contributed by atoms with Crippen molar-refractivity contribution in [1.82, 2.24) is 4.90 Å². The Morgan fingerprint density at radius 2 is 1.63 bits per heavy atom. The lowest BCUT2D eigenvalue weighted by atomic mass is 9.93. The van der Waals surface area contributed by atoms with Crippen LogP contribution in [0.1, 0.15) is 36.8 Å². The van der Waals surface area contributed by atoms with Crippen molar-refractivity contribution in [3.63, 3.8) is 0 Å². The maximum absolute atomic E-state index is 13.0. The van der Waals surface area contributed by atoms with Crippen LogP contribution in [0.25, 0.3) is 22.1 Å². The molecule has 0 radical (unpaired) electrons. The van der Waals surface area contributed by atoms with E-state index in [4.69, 9.17) is 9.15 Å². The van der Waals surface area contributed by atoms with Crippen LogP contribution >= 0.6 is 0 Å². The van der Waals surface area contributed by atoms with Crippen molar-refractivity contribution in [3.8, 4) is 22.6 Å². The van der Waals surface area contributed by atoms with Gasteiger partial charge in [-0.25, -0.2) is 4.79 Å². The lowest BCUT2D eigenvalue weighted by Gasteiger charge is -2.19. The minimum atomic E-state index is -0.405. The minimum Gasteiger partial charge on any atom is -0.508 e. The van der Waals surface area contributed by atoms with Gasteiger partial charge in [0.2, 0.25) is 0 Å². The van der Waals surface area contributed by atoms with Gasteiger partial charge in [0.05, 0.1) is 5.56 Å². The molecule has 0 aliphatic carbocycles. The number of hydrogen-bond donors (Lipinski definition) is 1. The Balaban J connectivity index is 1.37. The summed E-state index contributed by atoms with van der Waals surface area (Å²) in [6.07, 6.45) is 5.80. The summed E-state index contributed by atoms with van der Waals surface area (Å²) in [6.45, 7) is 3.98. The average molecular weight is 470 g/mol. The molecule has 1 aliphatic heterocycles. The molecule has 0 unspecified atom stereocenters. The first-order valence-electron chi connectivity index (χ1n) is 12.5. The number of benzene rings is 3. The summed E-state index contributed by atoms with van der Waals surface area (Å²) in [5, 5.41) is 10.7. The minimum absolute atomic E-state index is 0.0701. The Labute approximate surface area is 205 Å².